The lowest BCUT2D eigenvalue weighted by Crippen LogP contribution is -2.67. The van der Waals surface area contributed by atoms with E-state index >= 15 is 0 Å². The number of nitrogens with zero attached hydrogens (tertiary/aromatic N) is 1. The van der Waals surface area contributed by atoms with Crippen molar-refractivity contribution in [1.29, 1.82) is 0 Å². The third-order valence-electron chi connectivity index (χ3n) is 8.68. The summed E-state index contributed by atoms with van der Waals surface area (Å²) in [5.74, 6) is 0. The number of quaternary nitrogens is 1. The predicted octanol–water partition coefficient (Wildman–Crippen LogP) is 4.71. The van der Waals surface area contributed by atoms with Crippen molar-refractivity contribution in [2.75, 3.05) is 14.1 Å². The summed E-state index contributed by atoms with van der Waals surface area (Å²) >= 11 is 0. The van der Waals surface area contributed by atoms with Gasteiger partial charge in [-0.15, -0.1) is 0 Å². The van der Waals surface area contributed by atoms with E-state index < -0.39 is 0 Å². The second-order valence-electron chi connectivity index (χ2n) is 8.45. The maximum atomic E-state index is 2.52. The van der Waals surface area contributed by atoms with Crippen LogP contribution in [0.25, 0.3) is 0 Å². The van der Waals surface area contributed by atoms with Crippen LogP contribution in [0.4, 0.5) is 0 Å². The second-order valence-corrected chi connectivity index (χ2v) is 8.45. The van der Waals surface area contributed by atoms with Gasteiger partial charge in [-0.05, 0) is 33.1 Å². The van der Waals surface area contributed by atoms with Gasteiger partial charge in [0.25, 0.3) is 0 Å². The minimum atomic E-state index is 0.328. The minimum absolute atomic E-state index is 0.328. The lowest BCUT2D eigenvalue weighted by molar-refractivity contribution is -0.978. The van der Waals surface area contributed by atoms with Crippen LogP contribution in [-0.4, -0.2) is 29.7 Å². The molecule has 0 N–H and O–H groups in total. The van der Waals surface area contributed by atoms with E-state index in [2.05, 4.69) is 69.5 Å². The Morgan fingerprint density at radius 2 is 0.778 bits per heavy atom. The smallest absolute Gasteiger partial charge is 0.100 e. The summed E-state index contributed by atoms with van der Waals surface area (Å²) in [6.45, 7) is 23.8. The van der Waals surface area contributed by atoms with Crippen molar-refractivity contribution in [3.05, 3.63) is 0 Å². The molecule has 1 heterocycles. The molecule has 18 heavy (non-hydrogen) atoms. The standard InChI is InChI=1S/C15H30N.C2H6/c1-11(2)14(7)12(3,4)16(9,10)13(5,6)15(11,14)8;1-2/h1-10H3;1-2H3/q+1;. The Morgan fingerprint density at radius 3 is 0.944 bits per heavy atom. The molecule has 1 aliphatic carbocycles. The number of fused-ring (bicyclic) bond motifs is 1. The first-order valence-electron chi connectivity index (χ1n) is 7.59. The topological polar surface area (TPSA) is 0 Å². The quantitative estimate of drug-likeness (QED) is 0.549. The van der Waals surface area contributed by atoms with Crippen molar-refractivity contribution in [2.45, 2.75) is 80.3 Å². The summed E-state index contributed by atoms with van der Waals surface area (Å²) < 4.78 is 1.12. The number of rotatable bonds is 0. The second kappa shape index (κ2) is 3.34. The summed E-state index contributed by atoms with van der Waals surface area (Å²) in [5.41, 5.74) is 1.96. The van der Waals surface area contributed by atoms with E-state index in [9.17, 15) is 0 Å². The molecule has 1 saturated carbocycles. The molecule has 2 unspecified atom stereocenters. The molecule has 2 fully saturated rings. The number of likely N-dealkylation sites (tertiary alicyclic amines) is 1. The summed E-state index contributed by atoms with van der Waals surface area (Å²) in [6, 6.07) is 0. The van der Waals surface area contributed by atoms with Crippen molar-refractivity contribution >= 4 is 0 Å². The van der Waals surface area contributed by atoms with Gasteiger partial charge >= 0.3 is 0 Å². The van der Waals surface area contributed by atoms with Crippen molar-refractivity contribution < 1.29 is 4.48 Å². The molecular weight excluding hydrogens is 218 g/mol. The highest BCUT2D eigenvalue weighted by Gasteiger charge is 2.96. The van der Waals surface area contributed by atoms with Crippen molar-refractivity contribution in [3.63, 3.8) is 0 Å². The van der Waals surface area contributed by atoms with Crippen LogP contribution >= 0.6 is 0 Å². The van der Waals surface area contributed by atoms with Gasteiger partial charge in [0.05, 0.1) is 14.1 Å². The molecule has 1 saturated heterocycles. The van der Waals surface area contributed by atoms with E-state index in [0.717, 1.165) is 4.48 Å². The Balaban J connectivity index is 0.000000771. The number of hydrogen-bond acceptors (Lipinski definition) is 0. The van der Waals surface area contributed by atoms with E-state index in [0.29, 0.717) is 27.3 Å². The third kappa shape index (κ3) is 0.961. The zero-order chi connectivity index (χ0) is 15.0. The van der Waals surface area contributed by atoms with Crippen molar-refractivity contribution in [1.82, 2.24) is 0 Å². The van der Waals surface area contributed by atoms with Gasteiger partial charge in [-0.1, -0.05) is 41.5 Å². The van der Waals surface area contributed by atoms with Crippen LogP contribution in [0.2, 0.25) is 0 Å². The minimum Gasteiger partial charge on any atom is -0.319 e. The Kier molecular flexibility index (Phi) is 2.97. The molecule has 2 aliphatic rings. The lowest BCUT2D eigenvalue weighted by Gasteiger charge is -2.55. The lowest BCUT2D eigenvalue weighted by atomic mass is 9.77. The Morgan fingerprint density at radius 1 is 0.556 bits per heavy atom. The van der Waals surface area contributed by atoms with Gasteiger partial charge < -0.3 is 4.48 Å². The molecule has 2 atom stereocenters. The molecule has 0 aromatic rings. The van der Waals surface area contributed by atoms with Gasteiger partial charge in [0.2, 0.25) is 0 Å². The first-order chi connectivity index (χ1) is 7.75. The van der Waals surface area contributed by atoms with Crippen LogP contribution in [0.5, 0.6) is 0 Å². The molecule has 0 amide bonds. The van der Waals surface area contributed by atoms with Crippen LogP contribution in [0.15, 0.2) is 0 Å². The fraction of sp³-hybridized carbons (Fsp3) is 1.00. The molecule has 0 aromatic carbocycles. The molecule has 1 aliphatic heterocycles. The highest BCUT2D eigenvalue weighted by atomic mass is 15.5. The molecule has 2 rings (SSSR count). The van der Waals surface area contributed by atoms with E-state index in [-0.39, 0.29) is 0 Å². The molecule has 0 bridgehead atoms. The molecule has 1 nitrogen and oxygen atoms in total. The Labute approximate surface area is 116 Å². The molecule has 0 radical (unpaired) electrons. The average Bonchev–Trinajstić information content (AvgIpc) is 2.60. The zero-order valence-electron chi connectivity index (χ0n) is 14.9. The first kappa shape index (κ1) is 16.0. The molecule has 0 aromatic heterocycles. The van der Waals surface area contributed by atoms with Gasteiger partial charge in [0.15, 0.2) is 0 Å². The Bertz CT molecular complexity index is 330. The van der Waals surface area contributed by atoms with Crippen LogP contribution in [0, 0.1) is 16.2 Å². The largest absolute Gasteiger partial charge is 0.319 e. The fourth-order valence-corrected chi connectivity index (χ4v) is 5.91. The normalized spacial score (nSPS) is 44.7. The predicted molar refractivity (Wildman–Crippen MR) is 81.6 cm³/mol. The monoisotopic (exact) mass is 254 g/mol. The van der Waals surface area contributed by atoms with Gasteiger partial charge in [-0.3, -0.25) is 0 Å². The highest BCUT2D eigenvalue weighted by Crippen LogP contribution is 2.91. The molecule has 108 valence electrons. The van der Waals surface area contributed by atoms with E-state index in [4.69, 9.17) is 0 Å². The van der Waals surface area contributed by atoms with E-state index in [1.807, 2.05) is 13.8 Å². The van der Waals surface area contributed by atoms with Gasteiger partial charge in [-0.2, -0.15) is 0 Å². The van der Waals surface area contributed by atoms with Crippen LogP contribution in [0.3, 0.4) is 0 Å². The van der Waals surface area contributed by atoms with Gasteiger partial charge in [-0.25, -0.2) is 0 Å². The van der Waals surface area contributed by atoms with Crippen molar-refractivity contribution in [2.24, 2.45) is 16.2 Å². The van der Waals surface area contributed by atoms with Crippen LogP contribution < -0.4 is 0 Å². The maximum Gasteiger partial charge on any atom is 0.100 e. The zero-order valence-corrected chi connectivity index (χ0v) is 14.9. The van der Waals surface area contributed by atoms with Gasteiger partial charge in [0.1, 0.15) is 11.1 Å². The Hall–Kier alpha value is -0.0400. The fourth-order valence-electron chi connectivity index (χ4n) is 5.91. The third-order valence-corrected chi connectivity index (χ3v) is 8.68. The summed E-state index contributed by atoms with van der Waals surface area (Å²) in [7, 11) is 4.83. The molecular formula is C17H36N+. The average molecular weight is 254 g/mol. The van der Waals surface area contributed by atoms with Crippen LogP contribution in [0.1, 0.15) is 69.2 Å². The summed E-state index contributed by atoms with van der Waals surface area (Å²) in [4.78, 5) is 0. The summed E-state index contributed by atoms with van der Waals surface area (Å²) in [5, 5.41) is 0. The maximum absolute atomic E-state index is 2.52. The van der Waals surface area contributed by atoms with Crippen molar-refractivity contribution in [3.8, 4) is 0 Å². The summed E-state index contributed by atoms with van der Waals surface area (Å²) in [6.07, 6.45) is 0. The first-order valence-corrected chi connectivity index (χ1v) is 7.59. The number of piperidine rings is 1. The number of hydrogen-bond donors (Lipinski definition) is 0. The van der Waals surface area contributed by atoms with E-state index in [1.54, 1.807) is 0 Å². The molecule has 1 heteroatoms. The van der Waals surface area contributed by atoms with Crippen LogP contribution in [-0.2, 0) is 0 Å². The molecule has 0 spiro atoms. The highest BCUT2D eigenvalue weighted by molar-refractivity contribution is 5.37. The van der Waals surface area contributed by atoms with E-state index in [1.165, 1.54) is 0 Å². The van der Waals surface area contributed by atoms with Gasteiger partial charge in [0, 0.05) is 10.8 Å². The SMILES string of the molecule is CC.CC1(C)C2(C)C1(C)C(C)(C)[N+](C)(C)C2(C)C.